The predicted molar refractivity (Wildman–Crippen MR) is 58.3 cm³/mol. The fourth-order valence-corrected chi connectivity index (χ4v) is 1.94. The van der Waals surface area contributed by atoms with Gasteiger partial charge in [0, 0.05) is 12.2 Å². The summed E-state index contributed by atoms with van der Waals surface area (Å²) in [5.74, 6) is 0.153. The van der Waals surface area contributed by atoms with Crippen LogP contribution in [-0.2, 0) is 11.2 Å². The van der Waals surface area contributed by atoms with E-state index in [9.17, 15) is 4.79 Å². The molecule has 1 aliphatic heterocycles. The van der Waals surface area contributed by atoms with Gasteiger partial charge in [-0.05, 0) is 25.5 Å². The van der Waals surface area contributed by atoms with Crippen molar-refractivity contribution in [3.8, 4) is 0 Å². The van der Waals surface area contributed by atoms with Crippen molar-refractivity contribution in [1.82, 2.24) is 0 Å². The molecule has 0 aromatic heterocycles. The van der Waals surface area contributed by atoms with E-state index in [1.807, 2.05) is 26.0 Å². The molecule has 14 heavy (non-hydrogen) atoms. The van der Waals surface area contributed by atoms with Crippen LogP contribution in [0.5, 0.6) is 0 Å². The molecule has 3 heteroatoms. The van der Waals surface area contributed by atoms with Crippen LogP contribution in [0, 0.1) is 6.92 Å². The number of aryl methyl sites for hydroxylation is 1. The summed E-state index contributed by atoms with van der Waals surface area (Å²) in [7, 11) is 5.93. The quantitative estimate of drug-likeness (QED) is 0.589. The highest BCUT2D eigenvalue weighted by molar-refractivity contribution is 6.35. The Balaban J connectivity index is 2.57. The number of likely N-dealkylation sites (N-methyl/N-ethyl adjacent to an activating group) is 1. The molecule has 2 radical (unpaired) electrons. The molecule has 1 aromatic rings. The first-order valence-corrected chi connectivity index (χ1v) is 4.83. The number of carbonyl (C=O) groups is 1. The summed E-state index contributed by atoms with van der Waals surface area (Å²) in [5, 5.41) is 0. The number of carbonyl (C=O) groups excluding carboxylic acids is 1. The van der Waals surface area contributed by atoms with Gasteiger partial charge in [0.15, 0.2) is 0 Å². The zero-order valence-electron chi connectivity index (χ0n) is 8.50. The van der Waals surface area contributed by atoms with E-state index in [4.69, 9.17) is 7.85 Å². The summed E-state index contributed by atoms with van der Waals surface area (Å²) in [5.41, 5.74) is 3.80. The molecule has 0 aliphatic carbocycles. The predicted octanol–water partition coefficient (Wildman–Crippen LogP) is 0.698. The summed E-state index contributed by atoms with van der Waals surface area (Å²) < 4.78 is 0. The number of nitrogens with zero attached hydrogens (tertiary/aromatic N) is 1. The van der Waals surface area contributed by atoms with Crippen LogP contribution in [-0.4, -0.2) is 20.3 Å². The van der Waals surface area contributed by atoms with Crippen molar-refractivity contribution in [2.75, 3.05) is 11.4 Å². The first-order chi connectivity index (χ1) is 6.65. The monoisotopic (exact) mass is 185 g/mol. The molecule has 1 amide bonds. The smallest absolute Gasteiger partial charge is 0.231 e. The van der Waals surface area contributed by atoms with E-state index in [-0.39, 0.29) is 5.91 Å². The van der Waals surface area contributed by atoms with E-state index in [0.717, 1.165) is 22.3 Å². The second-order valence-corrected chi connectivity index (χ2v) is 3.61. The summed E-state index contributed by atoms with van der Waals surface area (Å²) in [4.78, 5) is 13.4. The standard InChI is InChI=1S/C11H12BNO/c1-3-13-9-5-4-7(2)11(12)8(9)6-10(13)14/h4-5H,3,6H2,1-2H3. The normalized spacial score (nSPS) is 14.7. The summed E-state index contributed by atoms with van der Waals surface area (Å²) in [6, 6.07) is 3.95. The van der Waals surface area contributed by atoms with Crippen LogP contribution < -0.4 is 10.4 Å². The highest BCUT2D eigenvalue weighted by Crippen LogP contribution is 2.27. The fourth-order valence-electron chi connectivity index (χ4n) is 1.94. The minimum absolute atomic E-state index is 0.153. The number of fused-ring (bicyclic) bond motifs is 1. The van der Waals surface area contributed by atoms with Gasteiger partial charge in [-0.25, -0.2) is 0 Å². The third kappa shape index (κ3) is 1.16. The molecule has 0 spiro atoms. The molecule has 0 unspecified atom stereocenters. The molecule has 2 rings (SSSR count). The molecular weight excluding hydrogens is 173 g/mol. The van der Waals surface area contributed by atoms with E-state index in [0.29, 0.717) is 13.0 Å². The molecule has 0 saturated carbocycles. The van der Waals surface area contributed by atoms with Gasteiger partial charge >= 0.3 is 0 Å². The SMILES string of the molecule is [B]c1c(C)ccc2c1CC(=O)N2CC. The highest BCUT2D eigenvalue weighted by atomic mass is 16.2. The largest absolute Gasteiger partial charge is 0.312 e. The molecule has 1 aliphatic rings. The van der Waals surface area contributed by atoms with Crippen LogP contribution >= 0.6 is 0 Å². The number of hydrogen-bond acceptors (Lipinski definition) is 1. The maximum Gasteiger partial charge on any atom is 0.231 e. The molecule has 0 saturated heterocycles. The summed E-state index contributed by atoms with van der Waals surface area (Å²) in [6.45, 7) is 4.66. The van der Waals surface area contributed by atoms with Gasteiger partial charge in [0.2, 0.25) is 5.91 Å². The number of hydrogen-bond donors (Lipinski definition) is 0. The third-order valence-electron chi connectivity index (χ3n) is 2.79. The minimum atomic E-state index is 0.153. The molecule has 70 valence electrons. The van der Waals surface area contributed by atoms with Crippen molar-refractivity contribution in [2.24, 2.45) is 0 Å². The molecule has 0 fully saturated rings. The van der Waals surface area contributed by atoms with Crippen molar-refractivity contribution >= 4 is 24.9 Å². The second kappa shape index (κ2) is 3.16. The second-order valence-electron chi connectivity index (χ2n) is 3.61. The van der Waals surface area contributed by atoms with Gasteiger partial charge in [0.1, 0.15) is 7.85 Å². The Labute approximate surface area is 85.3 Å². The fraction of sp³-hybridized carbons (Fsp3) is 0.364. The summed E-state index contributed by atoms with van der Waals surface area (Å²) in [6.07, 6.45) is 0.455. The van der Waals surface area contributed by atoms with E-state index < -0.39 is 0 Å². The Morgan fingerprint density at radius 3 is 2.86 bits per heavy atom. The lowest BCUT2D eigenvalue weighted by molar-refractivity contribution is -0.117. The van der Waals surface area contributed by atoms with E-state index in [1.54, 1.807) is 4.90 Å². The Morgan fingerprint density at radius 2 is 2.21 bits per heavy atom. The van der Waals surface area contributed by atoms with Gasteiger partial charge in [-0.1, -0.05) is 17.1 Å². The van der Waals surface area contributed by atoms with Gasteiger partial charge in [-0.15, -0.1) is 0 Å². The Bertz CT molecular complexity index is 401. The Kier molecular flexibility index (Phi) is 2.10. The van der Waals surface area contributed by atoms with E-state index in [2.05, 4.69) is 0 Å². The van der Waals surface area contributed by atoms with Gasteiger partial charge < -0.3 is 4.90 Å². The van der Waals surface area contributed by atoms with Gasteiger partial charge in [-0.3, -0.25) is 4.79 Å². The number of amides is 1. The van der Waals surface area contributed by atoms with E-state index in [1.165, 1.54) is 0 Å². The lowest BCUT2D eigenvalue weighted by atomic mass is 9.85. The lowest BCUT2D eigenvalue weighted by Crippen LogP contribution is -2.25. The molecular formula is C11H12BNO. The molecule has 0 atom stereocenters. The van der Waals surface area contributed by atoms with Gasteiger partial charge in [-0.2, -0.15) is 0 Å². The third-order valence-corrected chi connectivity index (χ3v) is 2.79. The van der Waals surface area contributed by atoms with Gasteiger partial charge in [0.25, 0.3) is 0 Å². The maximum atomic E-state index is 11.6. The van der Waals surface area contributed by atoms with Crippen molar-refractivity contribution < 1.29 is 4.79 Å². The average Bonchev–Trinajstić information content (AvgIpc) is 2.49. The number of rotatable bonds is 1. The molecule has 0 bridgehead atoms. The maximum absolute atomic E-state index is 11.6. The molecule has 0 N–H and O–H groups in total. The van der Waals surface area contributed by atoms with Crippen molar-refractivity contribution in [3.05, 3.63) is 23.3 Å². The molecule has 1 aromatic carbocycles. The van der Waals surface area contributed by atoms with E-state index >= 15 is 0 Å². The van der Waals surface area contributed by atoms with Crippen LogP contribution in [0.2, 0.25) is 0 Å². The Morgan fingerprint density at radius 1 is 1.50 bits per heavy atom. The van der Waals surface area contributed by atoms with Gasteiger partial charge in [0.05, 0.1) is 6.42 Å². The van der Waals surface area contributed by atoms with Crippen molar-refractivity contribution in [3.63, 3.8) is 0 Å². The number of benzene rings is 1. The number of anilines is 1. The topological polar surface area (TPSA) is 20.3 Å². The molecule has 1 heterocycles. The zero-order valence-corrected chi connectivity index (χ0v) is 8.50. The zero-order chi connectivity index (χ0) is 10.3. The van der Waals surface area contributed by atoms with Crippen LogP contribution in [0.3, 0.4) is 0 Å². The van der Waals surface area contributed by atoms with Crippen molar-refractivity contribution in [1.29, 1.82) is 0 Å². The highest BCUT2D eigenvalue weighted by Gasteiger charge is 2.26. The molecule has 2 nitrogen and oxygen atoms in total. The Hall–Kier alpha value is -1.25. The minimum Gasteiger partial charge on any atom is -0.312 e. The lowest BCUT2D eigenvalue weighted by Gasteiger charge is -2.15. The van der Waals surface area contributed by atoms with Crippen LogP contribution in [0.25, 0.3) is 0 Å². The van der Waals surface area contributed by atoms with Crippen LogP contribution in [0.4, 0.5) is 5.69 Å². The van der Waals surface area contributed by atoms with Crippen LogP contribution in [0.15, 0.2) is 12.1 Å². The first kappa shape index (κ1) is 9.32. The van der Waals surface area contributed by atoms with Crippen molar-refractivity contribution in [2.45, 2.75) is 20.3 Å². The average molecular weight is 185 g/mol. The summed E-state index contributed by atoms with van der Waals surface area (Å²) >= 11 is 0. The van der Waals surface area contributed by atoms with Crippen LogP contribution in [0.1, 0.15) is 18.1 Å². The first-order valence-electron chi connectivity index (χ1n) is 4.83.